The number of hydrogen-bond acceptors (Lipinski definition) is 5. The molecular formula is C19H18ClN3O3S. The van der Waals surface area contributed by atoms with Gasteiger partial charge in [0.2, 0.25) is 21.8 Å². The number of piperidine rings is 1. The third kappa shape index (κ3) is 3.63. The topological polar surface area (TPSA) is 76.3 Å². The summed E-state index contributed by atoms with van der Waals surface area (Å²) in [6.07, 6.45) is 2.82. The van der Waals surface area contributed by atoms with Crippen LogP contribution in [-0.2, 0) is 10.0 Å². The second kappa shape index (κ2) is 7.42. The molecular weight excluding hydrogens is 386 g/mol. The van der Waals surface area contributed by atoms with Crippen molar-refractivity contribution in [2.75, 3.05) is 13.1 Å². The summed E-state index contributed by atoms with van der Waals surface area (Å²) in [7, 11) is -3.57. The van der Waals surface area contributed by atoms with Crippen LogP contribution in [0, 0.1) is 0 Å². The quantitative estimate of drug-likeness (QED) is 0.651. The minimum Gasteiger partial charge on any atom is -0.416 e. The van der Waals surface area contributed by atoms with Crippen LogP contribution >= 0.6 is 11.6 Å². The lowest BCUT2D eigenvalue weighted by Gasteiger charge is -2.26. The summed E-state index contributed by atoms with van der Waals surface area (Å²) in [5.41, 5.74) is 1.19. The van der Waals surface area contributed by atoms with Gasteiger partial charge in [-0.15, -0.1) is 10.2 Å². The van der Waals surface area contributed by atoms with Gasteiger partial charge in [0.15, 0.2) is 0 Å². The van der Waals surface area contributed by atoms with Gasteiger partial charge in [-0.05, 0) is 43.2 Å². The van der Waals surface area contributed by atoms with E-state index in [1.165, 1.54) is 16.4 Å². The highest BCUT2D eigenvalue weighted by Crippen LogP contribution is 2.32. The second-order valence-electron chi connectivity index (χ2n) is 6.38. The molecule has 6 nitrogen and oxygen atoms in total. The first-order chi connectivity index (χ1) is 13.1. The molecule has 1 aliphatic heterocycles. The average molecular weight is 404 g/mol. The first kappa shape index (κ1) is 18.2. The van der Waals surface area contributed by atoms with E-state index in [1.54, 1.807) is 6.07 Å². The molecule has 2 aromatic carbocycles. The Balaban J connectivity index is 1.70. The molecule has 1 aromatic heterocycles. The van der Waals surface area contributed by atoms with E-state index in [-0.39, 0.29) is 10.8 Å². The molecule has 1 fully saturated rings. The Morgan fingerprint density at radius 3 is 2.37 bits per heavy atom. The van der Waals surface area contributed by atoms with E-state index in [0.717, 1.165) is 24.8 Å². The minimum atomic E-state index is -3.57. The van der Waals surface area contributed by atoms with Crippen molar-refractivity contribution in [2.24, 2.45) is 0 Å². The molecule has 0 spiro atoms. The van der Waals surface area contributed by atoms with Crippen LogP contribution in [0.4, 0.5) is 0 Å². The van der Waals surface area contributed by atoms with Gasteiger partial charge in [0.25, 0.3) is 0 Å². The molecule has 0 aliphatic carbocycles. The van der Waals surface area contributed by atoms with Crippen LogP contribution in [-0.4, -0.2) is 36.0 Å². The Bertz CT molecular complexity index is 1050. The summed E-state index contributed by atoms with van der Waals surface area (Å²) in [6, 6.07) is 13.9. The molecule has 0 atom stereocenters. The minimum absolute atomic E-state index is 0.184. The molecule has 0 unspecified atom stereocenters. The van der Waals surface area contributed by atoms with E-state index < -0.39 is 10.0 Å². The Morgan fingerprint density at radius 1 is 0.926 bits per heavy atom. The van der Waals surface area contributed by atoms with Crippen LogP contribution in [0.5, 0.6) is 0 Å². The normalized spacial score (nSPS) is 15.7. The Labute approximate surface area is 162 Å². The molecule has 0 N–H and O–H groups in total. The maximum absolute atomic E-state index is 12.9. The van der Waals surface area contributed by atoms with Crippen molar-refractivity contribution in [1.29, 1.82) is 0 Å². The lowest BCUT2D eigenvalue weighted by molar-refractivity contribution is 0.346. The van der Waals surface area contributed by atoms with Crippen molar-refractivity contribution in [2.45, 2.75) is 24.2 Å². The van der Waals surface area contributed by atoms with Gasteiger partial charge in [-0.3, -0.25) is 0 Å². The lowest BCUT2D eigenvalue weighted by atomic mass is 10.2. The van der Waals surface area contributed by atoms with Crippen molar-refractivity contribution in [1.82, 2.24) is 14.5 Å². The van der Waals surface area contributed by atoms with E-state index in [1.807, 2.05) is 30.3 Å². The van der Waals surface area contributed by atoms with Gasteiger partial charge in [0.05, 0.1) is 15.5 Å². The number of nitrogens with zero attached hydrogens (tertiary/aromatic N) is 3. The van der Waals surface area contributed by atoms with E-state index in [4.69, 9.17) is 16.0 Å². The maximum atomic E-state index is 12.9. The predicted molar refractivity (Wildman–Crippen MR) is 103 cm³/mol. The second-order valence-corrected chi connectivity index (χ2v) is 8.73. The van der Waals surface area contributed by atoms with E-state index >= 15 is 0 Å². The predicted octanol–water partition coefficient (Wildman–Crippen LogP) is 4.23. The van der Waals surface area contributed by atoms with Crippen LogP contribution in [0.3, 0.4) is 0 Å². The van der Waals surface area contributed by atoms with Gasteiger partial charge in [-0.25, -0.2) is 8.42 Å². The molecule has 4 rings (SSSR count). The highest BCUT2D eigenvalue weighted by molar-refractivity contribution is 7.89. The zero-order valence-corrected chi connectivity index (χ0v) is 16.1. The van der Waals surface area contributed by atoms with Gasteiger partial charge in [-0.1, -0.05) is 36.2 Å². The number of sulfonamides is 1. The molecule has 1 aliphatic rings. The van der Waals surface area contributed by atoms with Crippen molar-refractivity contribution >= 4 is 21.6 Å². The summed E-state index contributed by atoms with van der Waals surface area (Å²) in [5.74, 6) is 0.542. The van der Waals surface area contributed by atoms with Gasteiger partial charge in [0.1, 0.15) is 0 Å². The fourth-order valence-electron chi connectivity index (χ4n) is 3.11. The Kier molecular flexibility index (Phi) is 4.99. The first-order valence-corrected chi connectivity index (χ1v) is 10.6. The van der Waals surface area contributed by atoms with Crippen LogP contribution < -0.4 is 0 Å². The molecule has 3 aromatic rings. The van der Waals surface area contributed by atoms with E-state index in [2.05, 4.69) is 10.2 Å². The van der Waals surface area contributed by atoms with E-state index in [0.29, 0.717) is 29.6 Å². The number of aromatic nitrogens is 2. The van der Waals surface area contributed by atoms with Crippen LogP contribution in [0.1, 0.15) is 19.3 Å². The summed E-state index contributed by atoms with van der Waals surface area (Å²) in [6.45, 7) is 1.08. The van der Waals surface area contributed by atoms with Crippen LogP contribution in [0.15, 0.2) is 57.8 Å². The van der Waals surface area contributed by atoms with Gasteiger partial charge in [-0.2, -0.15) is 4.31 Å². The zero-order chi connectivity index (χ0) is 18.9. The molecule has 0 saturated carbocycles. The fraction of sp³-hybridized carbons (Fsp3) is 0.263. The first-order valence-electron chi connectivity index (χ1n) is 8.75. The summed E-state index contributed by atoms with van der Waals surface area (Å²) >= 11 is 6.29. The molecule has 140 valence electrons. The van der Waals surface area contributed by atoms with Crippen LogP contribution in [0.25, 0.3) is 22.9 Å². The molecule has 0 amide bonds. The molecule has 8 heteroatoms. The van der Waals surface area contributed by atoms with Gasteiger partial charge in [0, 0.05) is 18.7 Å². The van der Waals surface area contributed by atoms with E-state index in [9.17, 15) is 8.42 Å². The number of benzene rings is 2. The maximum Gasteiger partial charge on any atom is 0.249 e. The lowest BCUT2D eigenvalue weighted by Crippen LogP contribution is -2.35. The standard InChI is InChI=1S/C19H18ClN3O3S/c20-17-10-9-15(27(24,25)23-11-5-2-6-12-23)13-16(17)19-22-21-18(26-19)14-7-3-1-4-8-14/h1,3-4,7-10,13H,2,5-6,11-12H2. The third-order valence-corrected chi connectivity index (χ3v) is 6.79. The summed E-state index contributed by atoms with van der Waals surface area (Å²) in [4.78, 5) is 0.184. The fourth-order valence-corrected chi connectivity index (χ4v) is 4.85. The SMILES string of the molecule is O=S(=O)(c1ccc(Cl)c(-c2nnc(-c3ccccc3)o2)c1)N1CCCCC1. The average Bonchev–Trinajstić information content (AvgIpc) is 3.19. The molecule has 0 radical (unpaired) electrons. The third-order valence-electron chi connectivity index (χ3n) is 4.57. The monoisotopic (exact) mass is 403 g/mol. The molecule has 2 heterocycles. The zero-order valence-electron chi connectivity index (χ0n) is 14.5. The van der Waals surface area contributed by atoms with Crippen molar-refractivity contribution in [3.05, 3.63) is 53.6 Å². The molecule has 1 saturated heterocycles. The van der Waals surface area contributed by atoms with Crippen molar-refractivity contribution < 1.29 is 12.8 Å². The summed E-state index contributed by atoms with van der Waals surface area (Å²) in [5, 5.41) is 8.46. The largest absolute Gasteiger partial charge is 0.416 e. The van der Waals surface area contributed by atoms with Gasteiger partial charge < -0.3 is 4.42 Å². The van der Waals surface area contributed by atoms with Crippen molar-refractivity contribution in [3.63, 3.8) is 0 Å². The summed E-state index contributed by atoms with van der Waals surface area (Å²) < 4.78 is 33.1. The number of rotatable bonds is 4. The number of halogens is 1. The number of hydrogen-bond donors (Lipinski definition) is 0. The van der Waals surface area contributed by atoms with Crippen molar-refractivity contribution in [3.8, 4) is 22.9 Å². The molecule has 27 heavy (non-hydrogen) atoms. The molecule has 0 bridgehead atoms. The smallest absolute Gasteiger partial charge is 0.249 e. The van der Waals surface area contributed by atoms with Crippen LogP contribution in [0.2, 0.25) is 5.02 Å². The Hall–Kier alpha value is -2.22. The van der Waals surface area contributed by atoms with Gasteiger partial charge >= 0.3 is 0 Å². The highest BCUT2D eigenvalue weighted by atomic mass is 35.5. The highest BCUT2D eigenvalue weighted by Gasteiger charge is 2.27. The Morgan fingerprint density at radius 2 is 1.63 bits per heavy atom.